The lowest BCUT2D eigenvalue weighted by Gasteiger charge is -2.14. The molecule has 36 heavy (non-hydrogen) atoms. The van der Waals surface area contributed by atoms with Crippen LogP contribution < -0.4 is 14.8 Å². The molecule has 4 aromatic carbocycles. The first-order valence-electron chi connectivity index (χ1n) is 10.8. The normalized spacial score (nSPS) is 11.1. The summed E-state index contributed by atoms with van der Waals surface area (Å²) in [6.45, 7) is 0.277. The minimum absolute atomic E-state index is 0.159. The van der Waals surface area contributed by atoms with Crippen LogP contribution in [-0.2, 0) is 11.4 Å². The molecule has 1 amide bonds. The predicted molar refractivity (Wildman–Crippen MR) is 145 cm³/mol. The minimum atomic E-state index is -0.645. The average molecular weight is 538 g/mol. The number of nitrogens with one attached hydrogen (secondary N) is 1. The maximum absolute atomic E-state index is 12.7. The summed E-state index contributed by atoms with van der Waals surface area (Å²) < 4.78 is 11.5. The SMILES string of the molecule is COc1cc(/C=C(/C#N)C(=O)Nc2cccc(Cl)c2Cl)cc(Cl)c1OCc1cccc2ccccc12. The van der Waals surface area contributed by atoms with Gasteiger partial charge in [0.05, 0.1) is 27.9 Å². The Hall–Kier alpha value is -3.69. The Labute approximate surface area is 223 Å². The molecule has 0 aliphatic rings. The number of anilines is 1. The van der Waals surface area contributed by atoms with Crippen molar-refractivity contribution >= 4 is 63.2 Å². The van der Waals surface area contributed by atoms with Crippen molar-refractivity contribution in [3.05, 3.63) is 105 Å². The van der Waals surface area contributed by atoms with Crippen LogP contribution in [-0.4, -0.2) is 13.0 Å². The van der Waals surface area contributed by atoms with Crippen LogP contribution in [0, 0.1) is 11.3 Å². The Balaban J connectivity index is 1.58. The molecular weight excluding hydrogens is 519 g/mol. The molecule has 4 aromatic rings. The number of nitrogens with zero attached hydrogens (tertiary/aromatic N) is 1. The van der Waals surface area contributed by atoms with Gasteiger partial charge in [0.25, 0.3) is 5.91 Å². The fourth-order valence-electron chi connectivity index (χ4n) is 3.64. The first-order chi connectivity index (χ1) is 17.4. The highest BCUT2D eigenvalue weighted by molar-refractivity contribution is 6.44. The monoisotopic (exact) mass is 536 g/mol. The van der Waals surface area contributed by atoms with Crippen LogP contribution >= 0.6 is 34.8 Å². The second kappa shape index (κ2) is 11.4. The van der Waals surface area contributed by atoms with Gasteiger partial charge in [-0.2, -0.15) is 5.26 Å². The van der Waals surface area contributed by atoms with Gasteiger partial charge in [0.1, 0.15) is 18.2 Å². The summed E-state index contributed by atoms with van der Waals surface area (Å²) in [5.41, 5.74) is 1.62. The zero-order valence-electron chi connectivity index (χ0n) is 19.0. The number of carbonyl (C=O) groups is 1. The number of fused-ring (bicyclic) bond motifs is 1. The molecule has 0 saturated carbocycles. The Morgan fingerprint density at radius 3 is 2.53 bits per heavy atom. The standard InChI is InChI=1S/C28H19Cl3N2O3/c1-35-25-14-17(12-20(15-32)28(34)33-24-11-5-10-22(29)26(24)31)13-23(30)27(25)36-16-19-8-4-7-18-6-2-3-9-21(18)19/h2-14H,16H2,1H3,(H,33,34)/b20-12-. The third-order valence-electron chi connectivity index (χ3n) is 5.38. The smallest absolute Gasteiger partial charge is 0.266 e. The number of halogens is 3. The van der Waals surface area contributed by atoms with Gasteiger partial charge in [0.15, 0.2) is 11.5 Å². The number of methoxy groups -OCH3 is 1. The number of amides is 1. The third-order valence-corrected chi connectivity index (χ3v) is 6.48. The van der Waals surface area contributed by atoms with Crippen molar-refractivity contribution in [1.29, 1.82) is 5.26 Å². The number of benzene rings is 4. The molecule has 0 atom stereocenters. The Kier molecular flexibility index (Phi) is 8.02. The number of carbonyl (C=O) groups excluding carboxylic acids is 1. The zero-order valence-corrected chi connectivity index (χ0v) is 21.3. The van der Waals surface area contributed by atoms with Crippen molar-refractivity contribution in [2.75, 3.05) is 12.4 Å². The van der Waals surface area contributed by atoms with E-state index >= 15 is 0 Å². The van der Waals surface area contributed by atoms with Gasteiger partial charge < -0.3 is 14.8 Å². The summed E-state index contributed by atoms with van der Waals surface area (Å²) >= 11 is 18.7. The average Bonchev–Trinajstić information content (AvgIpc) is 2.88. The van der Waals surface area contributed by atoms with Crippen molar-refractivity contribution in [2.45, 2.75) is 6.61 Å². The second-order valence-electron chi connectivity index (χ2n) is 7.69. The topological polar surface area (TPSA) is 71.3 Å². The molecule has 1 N–H and O–H groups in total. The molecule has 0 heterocycles. The summed E-state index contributed by atoms with van der Waals surface area (Å²) in [4.78, 5) is 12.7. The van der Waals surface area contributed by atoms with Gasteiger partial charge in [-0.1, -0.05) is 83.3 Å². The van der Waals surface area contributed by atoms with Crippen LogP contribution in [0.15, 0.2) is 78.4 Å². The van der Waals surface area contributed by atoms with Gasteiger partial charge in [0.2, 0.25) is 0 Å². The molecule has 0 unspecified atom stereocenters. The molecule has 0 bridgehead atoms. The number of hydrogen-bond acceptors (Lipinski definition) is 4. The highest BCUT2D eigenvalue weighted by atomic mass is 35.5. The Morgan fingerprint density at radius 1 is 1.00 bits per heavy atom. The van der Waals surface area contributed by atoms with E-state index in [1.165, 1.54) is 13.2 Å². The van der Waals surface area contributed by atoms with Gasteiger partial charge in [-0.15, -0.1) is 0 Å². The number of nitriles is 1. The summed E-state index contributed by atoms with van der Waals surface area (Å²) in [6, 6.07) is 24.0. The second-order valence-corrected chi connectivity index (χ2v) is 8.88. The first kappa shape index (κ1) is 25.4. The largest absolute Gasteiger partial charge is 0.493 e. The molecule has 0 saturated heterocycles. The fraction of sp³-hybridized carbons (Fsp3) is 0.0714. The van der Waals surface area contributed by atoms with Crippen molar-refractivity contribution in [2.24, 2.45) is 0 Å². The maximum atomic E-state index is 12.7. The zero-order chi connectivity index (χ0) is 25.7. The lowest BCUT2D eigenvalue weighted by Crippen LogP contribution is -2.13. The molecule has 5 nitrogen and oxygen atoms in total. The predicted octanol–water partition coefficient (Wildman–Crippen LogP) is 7.93. The molecule has 0 aliphatic heterocycles. The van der Waals surface area contributed by atoms with E-state index in [9.17, 15) is 10.1 Å². The summed E-state index contributed by atoms with van der Waals surface area (Å²) in [6.07, 6.45) is 1.40. The van der Waals surface area contributed by atoms with Crippen molar-refractivity contribution in [3.8, 4) is 17.6 Å². The number of ether oxygens (including phenoxy) is 2. The molecular formula is C28H19Cl3N2O3. The van der Waals surface area contributed by atoms with E-state index in [0.29, 0.717) is 22.7 Å². The highest BCUT2D eigenvalue weighted by Gasteiger charge is 2.16. The minimum Gasteiger partial charge on any atom is -0.493 e. The van der Waals surface area contributed by atoms with E-state index in [-0.39, 0.29) is 27.2 Å². The quantitative estimate of drug-likeness (QED) is 0.192. The summed E-state index contributed by atoms with van der Waals surface area (Å²) in [7, 11) is 1.49. The Bertz CT molecular complexity index is 1520. The third kappa shape index (κ3) is 5.58. The van der Waals surface area contributed by atoms with Gasteiger partial charge in [-0.25, -0.2) is 0 Å². The van der Waals surface area contributed by atoms with Crippen molar-refractivity contribution < 1.29 is 14.3 Å². The lowest BCUT2D eigenvalue weighted by atomic mass is 10.1. The molecule has 180 valence electrons. The highest BCUT2D eigenvalue weighted by Crippen LogP contribution is 2.38. The van der Waals surface area contributed by atoms with Crippen LogP contribution in [0.3, 0.4) is 0 Å². The molecule has 8 heteroatoms. The molecule has 0 spiro atoms. The van der Waals surface area contributed by atoms with Gasteiger partial charge in [-0.3, -0.25) is 4.79 Å². The van der Waals surface area contributed by atoms with E-state index < -0.39 is 5.91 Å². The van der Waals surface area contributed by atoms with Crippen molar-refractivity contribution in [3.63, 3.8) is 0 Å². The van der Waals surface area contributed by atoms with E-state index in [0.717, 1.165) is 16.3 Å². The van der Waals surface area contributed by atoms with E-state index in [1.54, 1.807) is 30.3 Å². The molecule has 4 rings (SSSR count). The van der Waals surface area contributed by atoms with Crippen molar-refractivity contribution in [1.82, 2.24) is 0 Å². The molecule has 0 radical (unpaired) electrons. The lowest BCUT2D eigenvalue weighted by molar-refractivity contribution is -0.112. The number of rotatable bonds is 7. The van der Waals surface area contributed by atoms with E-state index in [1.807, 2.05) is 48.5 Å². The molecule has 0 fully saturated rings. The van der Waals surface area contributed by atoms with Gasteiger partial charge >= 0.3 is 0 Å². The number of hydrogen-bond donors (Lipinski definition) is 1. The van der Waals surface area contributed by atoms with Gasteiger partial charge in [0, 0.05) is 0 Å². The van der Waals surface area contributed by atoms with Crippen LogP contribution in [0.4, 0.5) is 5.69 Å². The summed E-state index contributed by atoms with van der Waals surface area (Å²) in [5, 5.41) is 15.1. The Morgan fingerprint density at radius 2 is 1.75 bits per heavy atom. The van der Waals surface area contributed by atoms with E-state index in [4.69, 9.17) is 44.3 Å². The van der Waals surface area contributed by atoms with Gasteiger partial charge in [-0.05, 0) is 52.2 Å². The molecule has 0 aromatic heterocycles. The van der Waals surface area contributed by atoms with Crippen LogP contribution in [0.5, 0.6) is 11.5 Å². The summed E-state index contributed by atoms with van der Waals surface area (Å²) in [5.74, 6) is 0.0792. The van der Waals surface area contributed by atoms with Crippen LogP contribution in [0.2, 0.25) is 15.1 Å². The first-order valence-corrected chi connectivity index (χ1v) is 11.9. The fourth-order valence-corrected chi connectivity index (χ4v) is 4.26. The van der Waals surface area contributed by atoms with Crippen LogP contribution in [0.1, 0.15) is 11.1 Å². The molecule has 0 aliphatic carbocycles. The van der Waals surface area contributed by atoms with Crippen LogP contribution in [0.25, 0.3) is 16.8 Å². The maximum Gasteiger partial charge on any atom is 0.266 e. The van der Waals surface area contributed by atoms with E-state index in [2.05, 4.69) is 5.32 Å².